The molecule has 0 amide bonds. The van der Waals surface area contributed by atoms with E-state index in [-0.39, 0.29) is 11.0 Å². The zero-order chi connectivity index (χ0) is 13.9. The highest BCUT2D eigenvalue weighted by atomic mass is 16.5. The van der Waals surface area contributed by atoms with Crippen LogP contribution in [0.3, 0.4) is 0 Å². The maximum absolute atomic E-state index is 9.81. The fourth-order valence-corrected chi connectivity index (χ4v) is 4.62. The molecular weight excluding hydrogens is 250 g/mol. The first kappa shape index (κ1) is 14.8. The SMILES string of the molecule is OCC1(CNC2CCOC3(CCCC3)C2)CCCCC1. The first-order valence-corrected chi connectivity index (χ1v) is 8.74. The van der Waals surface area contributed by atoms with Crippen LogP contribution in [0.1, 0.15) is 70.6 Å². The van der Waals surface area contributed by atoms with Gasteiger partial charge in [0, 0.05) is 31.2 Å². The summed E-state index contributed by atoms with van der Waals surface area (Å²) in [5, 5.41) is 13.6. The minimum absolute atomic E-state index is 0.166. The standard InChI is InChI=1S/C17H31NO2/c19-14-16(7-2-1-3-8-16)13-18-15-6-11-20-17(12-15)9-4-5-10-17/h15,18-19H,1-14H2. The molecule has 1 spiro atoms. The van der Waals surface area contributed by atoms with Gasteiger partial charge in [-0.15, -0.1) is 0 Å². The zero-order valence-electron chi connectivity index (χ0n) is 12.8. The van der Waals surface area contributed by atoms with Crippen molar-refractivity contribution < 1.29 is 9.84 Å². The topological polar surface area (TPSA) is 41.5 Å². The molecular formula is C17H31NO2. The number of nitrogens with one attached hydrogen (secondary N) is 1. The van der Waals surface area contributed by atoms with Crippen LogP contribution in [0.2, 0.25) is 0 Å². The van der Waals surface area contributed by atoms with Crippen molar-refractivity contribution in [1.82, 2.24) is 5.32 Å². The smallest absolute Gasteiger partial charge is 0.0697 e. The Morgan fingerprint density at radius 3 is 2.40 bits per heavy atom. The van der Waals surface area contributed by atoms with Crippen molar-refractivity contribution in [2.24, 2.45) is 5.41 Å². The molecule has 2 saturated carbocycles. The molecule has 3 heteroatoms. The van der Waals surface area contributed by atoms with Gasteiger partial charge in [0.2, 0.25) is 0 Å². The van der Waals surface area contributed by atoms with Crippen LogP contribution in [-0.2, 0) is 4.74 Å². The van der Waals surface area contributed by atoms with Gasteiger partial charge in [-0.3, -0.25) is 0 Å². The maximum Gasteiger partial charge on any atom is 0.0697 e. The lowest BCUT2D eigenvalue weighted by molar-refractivity contribution is -0.0852. The number of hydrogen-bond acceptors (Lipinski definition) is 3. The number of aliphatic hydroxyl groups excluding tert-OH is 1. The summed E-state index contributed by atoms with van der Waals surface area (Å²) in [4.78, 5) is 0. The molecule has 3 aliphatic rings. The van der Waals surface area contributed by atoms with E-state index in [1.165, 1.54) is 64.2 Å². The normalized spacial score (nSPS) is 32.5. The molecule has 0 aromatic rings. The van der Waals surface area contributed by atoms with E-state index >= 15 is 0 Å². The highest BCUT2D eigenvalue weighted by molar-refractivity contribution is 4.94. The van der Waals surface area contributed by atoms with E-state index in [4.69, 9.17) is 4.74 Å². The number of aliphatic hydroxyl groups is 1. The Morgan fingerprint density at radius 1 is 1.00 bits per heavy atom. The summed E-state index contributed by atoms with van der Waals surface area (Å²) >= 11 is 0. The second-order valence-electron chi connectivity index (χ2n) is 7.53. The van der Waals surface area contributed by atoms with Crippen LogP contribution in [0.15, 0.2) is 0 Å². The predicted molar refractivity (Wildman–Crippen MR) is 80.8 cm³/mol. The predicted octanol–water partition coefficient (Wildman–Crippen LogP) is 3.01. The molecule has 0 bridgehead atoms. The zero-order valence-corrected chi connectivity index (χ0v) is 12.8. The van der Waals surface area contributed by atoms with E-state index in [2.05, 4.69) is 5.32 Å². The largest absolute Gasteiger partial charge is 0.396 e. The maximum atomic E-state index is 9.81. The molecule has 0 radical (unpaired) electrons. The van der Waals surface area contributed by atoms with Crippen molar-refractivity contribution in [3.05, 3.63) is 0 Å². The molecule has 2 N–H and O–H groups in total. The Labute approximate surface area is 123 Å². The van der Waals surface area contributed by atoms with Crippen LogP contribution in [0, 0.1) is 5.41 Å². The third-order valence-electron chi connectivity index (χ3n) is 6.02. The van der Waals surface area contributed by atoms with Crippen molar-refractivity contribution in [2.75, 3.05) is 19.8 Å². The molecule has 3 rings (SSSR count). The second-order valence-corrected chi connectivity index (χ2v) is 7.53. The fourth-order valence-electron chi connectivity index (χ4n) is 4.62. The van der Waals surface area contributed by atoms with Gasteiger partial charge < -0.3 is 15.2 Å². The van der Waals surface area contributed by atoms with E-state index in [0.717, 1.165) is 19.6 Å². The molecule has 1 saturated heterocycles. The van der Waals surface area contributed by atoms with Gasteiger partial charge in [-0.05, 0) is 38.5 Å². The molecule has 0 aromatic carbocycles. The highest BCUT2D eigenvalue weighted by Crippen LogP contribution is 2.40. The van der Waals surface area contributed by atoms with Crippen LogP contribution in [0.5, 0.6) is 0 Å². The van der Waals surface area contributed by atoms with Crippen molar-refractivity contribution in [2.45, 2.75) is 82.3 Å². The molecule has 116 valence electrons. The molecule has 3 nitrogen and oxygen atoms in total. The lowest BCUT2D eigenvalue weighted by atomic mass is 9.74. The summed E-state index contributed by atoms with van der Waals surface area (Å²) in [6.45, 7) is 2.28. The van der Waals surface area contributed by atoms with Crippen molar-refractivity contribution in [3.63, 3.8) is 0 Å². The minimum atomic E-state index is 0.166. The van der Waals surface area contributed by atoms with Gasteiger partial charge in [-0.2, -0.15) is 0 Å². The van der Waals surface area contributed by atoms with Gasteiger partial charge in [0.05, 0.1) is 5.60 Å². The van der Waals surface area contributed by atoms with Gasteiger partial charge in [0.25, 0.3) is 0 Å². The first-order valence-electron chi connectivity index (χ1n) is 8.74. The molecule has 0 aromatic heterocycles. The third kappa shape index (κ3) is 3.20. The van der Waals surface area contributed by atoms with Gasteiger partial charge in [-0.1, -0.05) is 32.1 Å². The van der Waals surface area contributed by atoms with E-state index in [0.29, 0.717) is 12.6 Å². The third-order valence-corrected chi connectivity index (χ3v) is 6.02. The van der Waals surface area contributed by atoms with E-state index in [9.17, 15) is 5.11 Å². The van der Waals surface area contributed by atoms with E-state index in [1.807, 2.05) is 0 Å². The van der Waals surface area contributed by atoms with E-state index in [1.54, 1.807) is 0 Å². The average Bonchev–Trinajstić information content (AvgIpc) is 2.94. The summed E-state index contributed by atoms with van der Waals surface area (Å²) in [6, 6.07) is 0.604. The van der Waals surface area contributed by atoms with Crippen LogP contribution in [0.4, 0.5) is 0 Å². The van der Waals surface area contributed by atoms with Crippen molar-refractivity contribution in [3.8, 4) is 0 Å². The van der Waals surface area contributed by atoms with Gasteiger partial charge in [-0.25, -0.2) is 0 Å². The van der Waals surface area contributed by atoms with Crippen molar-refractivity contribution in [1.29, 1.82) is 0 Å². The van der Waals surface area contributed by atoms with Crippen LogP contribution >= 0.6 is 0 Å². The Kier molecular flexibility index (Phi) is 4.68. The van der Waals surface area contributed by atoms with E-state index < -0.39 is 0 Å². The minimum Gasteiger partial charge on any atom is -0.396 e. The molecule has 1 unspecified atom stereocenters. The Balaban J connectivity index is 1.52. The molecule has 3 fully saturated rings. The lowest BCUT2D eigenvalue weighted by Crippen LogP contribution is -2.49. The monoisotopic (exact) mass is 281 g/mol. The average molecular weight is 281 g/mol. The summed E-state index contributed by atoms with van der Waals surface area (Å²) in [6.07, 6.45) is 13.9. The Morgan fingerprint density at radius 2 is 1.70 bits per heavy atom. The Hall–Kier alpha value is -0.120. The molecule has 1 heterocycles. The van der Waals surface area contributed by atoms with Gasteiger partial charge in [0.1, 0.15) is 0 Å². The molecule has 2 aliphatic carbocycles. The number of rotatable bonds is 4. The summed E-state index contributed by atoms with van der Waals surface area (Å²) in [7, 11) is 0. The van der Waals surface area contributed by atoms with Crippen LogP contribution < -0.4 is 5.32 Å². The highest BCUT2D eigenvalue weighted by Gasteiger charge is 2.40. The summed E-state index contributed by atoms with van der Waals surface area (Å²) in [5.41, 5.74) is 0.369. The van der Waals surface area contributed by atoms with Gasteiger partial charge in [0.15, 0.2) is 0 Å². The van der Waals surface area contributed by atoms with Crippen molar-refractivity contribution >= 4 is 0 Å². The summed E-state index contributed by atoms with van der Waals surface area (Å²) in [5.74, 6) is 0. The number of ether oxygens (including phenoxy) is 1. The van der Waals surface area contributed by atoms with Crippen LogP contribution in [-0.4, -0.2) is 36.5 Å². The number of hydrogen-bond donors (Lipinski definition) is 2. The van der Waals surface area contributed by atoms with Gasteiger partial charge >= 0.3 is 0 Å². The molecule has 1 atom stereocenters. The second kappa shape index (κ2) is 6.33. The van der Waals surface area contributed by atoms with Crippen LogP contribution in [0.25, 0.3) is 0 Å². The Bertz CT molecular complexity index is 306. The summed E-state index contributed by atoms with van der Waals surface area (Å²) < 4.78 is 6.11. The first-order chi connectivity index (χ1) is 9.76. The fraction of sp³-hybridized carbons (Fsp3) is 1.00. The molecule has 1 aliphatic heterocycles. The quantitative estimate of drug-likeness (QED) is 0.832. The lowest BCUT2D eigenvalue weighted by Gasteiger charge is -2.41. The molecule has 20 heavy (non-hydrogen) atoms.